The van der Waals surface area contributed by atoms with E-state index in [9.17, 15) is 28.0 Å². The fourth-order valence-electron chi connectivity index (χ4n) is 3.85. The van der Waals surface area contributed by atoms with Crippen LogP contribution in [0.1, 0.15) is 34.3 Å². The van der Waals surface area contributed by atoms with Crippen molar-refractivity contribution in [2.45, 2.75) is 19.0 Å². The first kappa shape index (κ1) is 26.1. The summed E-state index contributed by atoms with van der Waals surface area (Å²) >= 11 is 6.04. The molecule has 1 saturated heterocycles. The van der Waals surface area contributed by atoms with E-state index in [1.807, 2.05) is 0 Å². The minimum Gasteiger partial charge on any atom is -0.496 e. The van der Waals surface area contributed by atoms with Crippen LogP contribution in [0.15, 0.2) is 48.0 Å². The minimum absolute atomic E-state index is 0.0344. The fraction of sp³-hybridized carbons (Fsp3) is 0.320. The Morgan fingerprint density at radius 2 is 1.97 bits per heavy atom. The molecule has 0 bridgehead atoms. The van der Waals surface area contributed by atoms with E-state index >= 15 is 0 Å². The van der Waals surface area contributed by atoms with Crippen LogP contribution in [0.4, 0.5) is 13.2 Å². The van der Waals surface area contributed by atoms with Gasteiger partial charge in [-0.25, -0.2) is 0 Å². The van der Waals surface area contributed by atoms with E-state index in [1.54, 1.807) is 29.2 Å². The van der Waals surface area contributed by atoms with E-state index < -0.39 is 17.6 Å². The maximum absolute atomic E-state index is 13.0. The zero-order valence-electron chi connectivity index (χ0n) is 18.9. The number of hydrogen-bond donors (Lipinski definition) is 1. The van der Waals surface area contributed by atoms with Crippen LogP contribution in [0.25, 0.3) is 6.08 Å². The first-order valence-electron chi connectivity index (χ1n) is 10.8. The number of benzene rings is 2. The summed E-state index contributed by atoms with van der Waals surface area (Å²) in [5.74, 6) is -0.470. The van der Waals surface area contributed by atoms with E-state index in [0.29, 0.717) is 35.0 Å². The van der Waals surface area contributed by atoms with Crippen molar-refractivity contribution in [1.29, 1.82) is 5.26 Å². The summed E-state index contributed by atoms with van der Waals surface area (Å²) in [5, 5.41) is 12.5. The van der Waals surface area contributed by atoms with Gasteiger partial charge in [0.25, 0.3) is 11.8 Å². The van der Waals surface area contributed by atoms with E-state index in [2.05, 4.69) is 5.32 Å². The van der Waals surface area contributed by atoms with Gasteiger partial charge in [-0.2, -0.15) is 18.4 Å². The standard InChI is InChI=1S/C25H23ClF3N3O3/c1-35-22-9-8-20(26)12-21(22)24(34)32-10-2-3-17(15-32)14-31-23(33)18(13-30)11-16-4-6-19(7-5-16)25(27,28)29/h4-9,11-12,17H,2-3,10,14-15H2,1H3,(H,31,33)/b18-11+/t17-/m1/s1. The average Bonchev–Trinajstić information content (AvgIpc) is 2.85. The number of ether oxygens (including phenoxy) is 1. The van der Waals surface area contributed by atoms with Crippen molar-refractivity contribution in [3.05, 3.63) is 69.8 Å². The van der Waals surface area contributed by atoms with Crippen LogP contribution in [0.2, 0.25) is 5.02 Å². The predicted molar refractivity (Wildman–Crippen MR) is 125 cm³/mol. The Labute approximate surface area is 205 Å². The Bertz CT molecular complexity index is 1160. The lowest BCUT2D eigenvalue weighted by Crippen LogP contribution is -2.44. The highest BCUT2D eigenvalue weighted by Crippen LogP contribution is 2.29. The number of alkyl halides is 3. The molecule has 2 aromatic rings. The van der Waals surface area contributed by atoms with Gasteiger partial charge in [0.1, 0.15) is 17.4 Å². The molecule has 1 heterocycles. The van der Waals surface area contributed by atoms with E-state index in [-0.39, 0.29) is 23.9 Å². The number of nitrogens with zero attached hydrogens (tertiary/aromatic N) is 2. The van der Waals surface area contributed by atoms with Crippen LogP contribution in [0.3, 0.4) is 0 Å². The number of likely N-dealkylation sites (tertiary alicyclic amines) is 1. The predicted octanol–water partition coefficient (Wildman–Crippen LogP) is 4.94. The molecule has 0 saturated carbocycles. The lowest BCUT2D eigenvalue weighted by atomic mass is 9.97. The number of carbonyl (C=O) groups excluding carboxylic acids is 2. The molecule has 6 nitrogen and oxygen atoms in total. The molecule has 0 radical (unpaired) electrons. The number of carbonyl (C=O) groups is 2. The third-order valence-corrected chi connectivity index (χ3v) is 5.90. The van der Waals surface area contributed by atoms with E-state index in [4.69, 9.17) is 16.3 Å². The normalized spacial score (nSPS) is 16.4. The summed E-state index contributed by atoms with van der Waals surface area (Å²) in [6.45, 7) is 1.19. The van der Waals surface area contributed by atoms with Gasteiger partial charge in [0.05, 0.1) is 18.2 Å². The van der Waals surface area contributed by atoms with Crippen molar-refractivity contribution < 1.29 is 27.5 Å². The number of nitriles is 1. The van der Waals surface area contributed by atoms with Crippen LogP contribution >= 0.6 is 11.6 Å². The molecule has 2 aromatic carbocycles. The van der Waals surface area contributed by atoms with Gasteiger partial charge in [0.2, 0.25) is 0 Å². The Balaban J connectivity index is 1.62. The maximum Gasteiger partial charge on any atom is 0.416 e. The van der Waals surface area contributed by atoms with Crippen LogP contribution in [-0.2, 0) is 11.0 Å². The number of piperidine rings is 1. The quantitative estimate of drug-likeness (QED) is 0.445. The molecule has 184 valence electrons. The van der Waals surface area contributed by atoms with Gasteiger partial charge >= 0.3 is 6.18 Å². The molecule has 1 atom stereocenters. The Morgan fingerprint density at radius 3 is 2.60 bits per heavy atom. The number of halogens is 4. The molecule has 0 unspecified atom stereocenters. The molecule has 0 aliphatic carbocycles. The molecular weight excluding hydrogens is 483 g/mol. The molecule has 0 aromatic heterocycles. The first-order chi connectivity index (χ1) is 16.6. The summed E-state index contributed by atoms with van der Waals surface area (Å²) in [5.41, 5.74) is -0.382. The van der Waals surface area contributed by atoms with Crippen LogP contribution in [0, 0.1) is 17.2 Å². The van der Waals surface area contributed by atoms with Gasteiger partial charge in [0.15, 0.2) is 0 Å². The fourth-order valence-corrected chi connectivity index (χ4v) is 4.02. The summed E-state index contributed by atoms with van der Waals surface area (Å²) in [6.07, 6.45) is -1.72. The first-order valence-corrected chi connectivity index (χ1v) is 11.2. The van der Waals surface area contributed by atoms with Gasteiger partial charge in [-0.1, -0.05) is 23.7 Å². The zero-order chi connectivity index (χ0) is 25.6. The smallest absolute Gasteiger partial charge is 0.416 e. The highest BCUT2D eigenvalue weighted by Gasteiger charge is 2.30. The van der Waals surface area contributed by atoms with Crippen LogP contribution in [0.5, 0.6) is 5.75 Å². The monoisotopic (exact) mass is 505 g/mol. The Kier molecular flexibility index (Phi) is 8.41. The third-order valence-electron chi connectivity index (χ3n) is 5.66. The summed E-state index contributed by atoms with van der Waals surface area (Å²) < 4.78 is 43.4. The van der Waals surface area contributed by atoms with Gasteiger partial charge in [-0.3, -0.25) is 9.59 Å². The number of rotatable bonds is 6. The molecule has 3 rings (SSSR count). The largest absolute Gasteiger partial charge is 0.496 e. The molecule has 35 heavy (non-hydrogen) atoms. The topological polar surface area (TPSA) is 82.4 Å². The number of methoxy groups -OCH3 is 1. The van der Waals surface area contributed by atoms with Crippen molar-refractivity contribution in [3.8, 4) is 11.8 Å². The molecule has 1 aliphatic rings. The number of amides is 2. The SMILES string of the molecule is COc1ccc(Cl)cc1C(=O)N1CCC[C@H](CNC(=O)/C(C#N)=C/c2ccc(C(F)(F)F)cc2)C1. The van der Waals surface area contributed by atoms with Crippen molar-refractivity contribution in [2.24, 2.45) is 5.92 Å². The second-order valence-electron chi connectivity index (χ2n) is 8.10. The lowest BCUT2D eigenvalue weighted by Gasteiger charge is -2.33. The highest BCUT2D eigenvalue weighted by molar-refractivity contribution is 6.31. The third kappa shape index (κ3) is 6.76. The van der Waals surface area contributed by atoms with E-state index in [0.717, 1.165) is 25.0 Å². The van der Waals surface area contributed by atoms with Crippen LogP contribution in [-0.4, -0.2) is 43.5 Å². The maximum atomic E-state index is 13.0. The van der Waals surface area contributed by atoms with Crippen LogP contribution < -0.4 is 10.1 Å². The van der Waals surface area contributed by atoms with Gasteiger partial charge in [-0.15, -0.1) is 0 Å². The van der Waals surface area contributed by atoms with Gasteiger partial charge < -0.3 is 15.0 Å². The van der Waals surface area contributed by atoms with Crippen molar-refractivity contribution in [2.75, 3.05) is 26.7 Å². The molecule has 1 N–H and O–H groups in total. The highest BCUT2D eigenvalue weighted by atomic mass is 35.5. The summed E-state index contributed by atoms with van der Waals surface area (Å²) in [7, 11) is 1.47. The molecule has 2 amide bonds. The molecule has 1 fully saturated rings. The van der Waals surface area contributed by atoms with Gasteiger partial charge in [-0.05, 0) is 60.7 Å². The second kappa shape index (κ2) is 11.3. The second-order valence-corrected chi connectivity index (χ2v) is 8.54. The van der Waals surface area contributed by atoms with Gasteiger partial charge in [0, 0.05) is 24.7 Å². The van der Waals surface area contributed by atoms with Crippen molar-refractivity contribution in [3.63, 3.8) is 0 Å². The zero-order valence-corrected chi connectivity index (χ0v) is 19.6. The Morgan fingerprint density at radius 1 is 1.26 bits per heavy atom. The summed E-state index contributed by atoms with van der Waals surface area (Å²) in [4.78, 5) is 27.2. The molecular formula is C25H23ClF3N3O3. The molecule has 0 spiro atoms. The number of hydrogen-bond acceptors (Lipinski definition) is 4. The molecule has 10 heteroatoms. The lowest BCUT2D eigenvalue weighted by molar-refractivity contribution is -0.137. The minimum atomic E-state index is -4.47. The van der Waals surface area contributed by atoms with Crippen molar-refractivity contribution in [1.82, 2.24) is 10.2 Å². The van der Waals surface area contributed by atoms with Crippen molar-refractivity contribution >= 4 is 29.5 Å². The molecule has 1 aliphatic heterocycles. The average molecular weight is 506 g/mol. The summed E-state index contributed by atoms with van der Waals surface area (Å²) in [6, 6.07) is 10.8. The number of nitrogens with one attached hydrogen (secondary N) is 1. The Hall–Kier alpha value is -3.51. The van der Waals surface area contributed by atoms with E-state index in [1.165, 1.54) is 25.3 Å².